The zero-order valence-electron chi connectivity index (χ0n) is 12.0. The van der Waals surface area contributed by atoms with Crippen molar-refractivity contribution in [1.82, 2.24) is 10.2 Å². The van der Waals surface area contributed by atoms with E-state index in [4.69, 9.17) is 10.2 Å². The summed E-state index contributed by atoms with van der Waals surface area (Å²) in [6, 6.07) is 7.92. The topological polar surface area (TPSA) is 64.9 Å². The van der Waals surface area contributed by atoms with Crippen LogP contribution in [0.2, 0.25) is 0 Å². The van der Waals surface area contributed by atoms with Crippen molar-refractivity contribution in [2.45, 2.75) is 45.6 Å². The first-order valence-electron chi connectivity index (χ1n) is 6.62. The maximum absolute atomic E-state index is 5.91. The van der Waals surface area contributed by atoms with Crippen molar-refractivity contribution in [3.8, 4) is 11.5 Å². The lowest BCUT2D eigenvalue weighted by atomic mass is 9.84. The molecule has 19 heavy (non-hydrogen) atoms. The average Bonchev–Trinajstić information content (AvgIpc) is 2.86. The Morgan fingerprint density at radius 3 is 2.53 bits per heavy atom. The van der Waals surface area contributed by atoms with Crippen molar-refractivity contribution in [3.05, 3.63) is 35.7 Å². The van der Waals surface area contributed by atoms with Gasteiger partial charge in [0.1, 0.15) is 0 Å². The summed E-state index contributed by atoms with van der Waals surface area (Å²) in [7, 11) is 0. The highest BCUT2D eigenvalue weighted by Crippen LogP contribution is 2.32. The molecule has 0 saturated heterocycles. The van der Waals surface area contributed by atoms with Crippen molar-refractivity contribution < 1.29 is 4.42 Å². The van der Waals surface area contributed by atoms with Gasteiger partial charge in [-0.1, -0.05) is 45.9 Å². The number of rotatable bonds is 3. The first kappa shape index (κ1) is 13.7. The van der Waals surface area contributed by atoms with E-state index in [1.165, 1.54) is 5.56 Å². The molecule has 1 aromatic heterocycles. The van der Waals surface area contributed by atoms with Gasteiger partial charge in [-0.15, -0.1) is 10.2 Å². The minimum absolute atomic E-state index is 0.0259. The third-order valence-electron chi connectivity index (χ3n) is 3.16. The summed E-state index contributed by atoms with van der Waals surface area (Å²) < 4.78 is 5.71. The fraction of sp³-hybridized carbons (Fsp3) is 0.467. The molecule has 1 atom stereocenters. The molecule has 0 aliphatic heterocycles. The summed E-state index contributed by atoms with van der Waals surface area (Å²) in [5, 5.41) is 8.18. The predicted molar refractivity (Wildman–Crippen MR) is 75.7 cm³/mol. The Morgan fingerprint density at radius 2 is 1.89 bits per heavy atom. The van der Waals surface area contributed by atoms with Gasteiger partial charge in [0.05, 0.1) is 6.04 Å². The fourth-order valence-electron chi connectivity index (χ4n) is 1.99. The lowest BCUT2D eigenvalue weighted by molar-refractivity contribution is 0.451. The monoisotopic (exact) mass is 259 g/mol. The third-order valence-corrected chi connectivity index (χ3v) is 3.16. The SMILES string of the molecule is CCC(N)c1nnc(-c2ccccc2C(C)(C)C)o1. The summed E-state index contributed by atoms with van der Waals surface area (Å²) in [4.78, 5) is 0. The van der Waals surface area contributed by atoms with Gasteiger partial charge >= 0.3 is 0 Å². The molecule has 0 radical (unpaired) electrons. The van der Waals surface area contributed by atoms with Crippen molar-refractivity contribution in [2.75, 3.05) is 0 Å². The van der Waals surface area contributed by atoms with Gasteiger partial charge in [0.15, 0.2) is 0 Å². The lowest BCUT2D eigenvalue weighted by Gasteiger charge is -2.21. The Hall–Kier alpha value is -1.68. The molecule has 4 nitrogen and oxygen atoms in total. The Balaban J connectivity index is 2.45. The molecular weight excluding hydrogens is 238 g/mol. The summed E-state index contributed by atoms with van der Waals surface area (Å²) >= 11 is 0. The number of nitrogens with two attached hydrogens (primary N) is 1. The van der Waals surface area contributed by atoms with Gasteiger partial charge < -0.3 is 10.2 Å². The third kappa shape index (κ3) is 2.84. The van der Waals surface area contributed by atoms with Crippen molar-refractivity contribution >= 4 is 0 Å². The Bertz CT molecular complexity index is 555. The van der Waals surface area contributed by atoms with Crippen LogP contribution < -0.4 is 5.73 Å². The maximum Gasteiger partial charge on any atom is 0.248 e. The van der Waals surface area contributed by atoms with Crippen LogP contribution >= 0.6 is 0 Å². The number of hydrogen-bond acceptors (Lipinski definition) is 4. The molecule has 0 aliphatic rings. The first-order valence-corrected chi connectivity index (χ1v) is 6.62. The van der Waals surface area contributed by atoms with E-state index in [-0.39, 0.29) is 11.5 Å². The maximum atomic E-state index is 5.91. The van der Waals surface area contributed by atoms with Crippen molar-refractivity contribution in [1.29, 1.82) is 0 Å². The van der Waals surface area contributed by atoms with E-state index in [1.807, 2.05) is 25.1 Å². The van der Waals surface area contributed by atoms with Crippen LogP contribution in [0.1, 0.15) is 51.6 Å². The number of nitrogens with zero attached hydrogens (tertiary/aromatic N) is 2. The molecule has 0 aliphatic carbocycles. The Kier molecular flexibility index (Phi) is 3.71. The molecule has 2 N–H and O–H groups in total. The van der Waals surface area contributed by atoms with Gasteiger partial charge in [0.25, 0.3) is 0 Å². The normalized spacial score (nSPS) is 13.5. The molecule has 1 heterocycles. The van der Waals surface area contributed by atoms with Gasteiger partial charge in [-0.3, -0.25) is 0 Å². The molecule has 2 rings (SSSR count). The smallest absolute Gasteiger partial charge is 0.248 e. The van der Waals surface area contributed by atoms with Gasteiger partial charge in [-0.2, -0.15) is 0 Å². The van der Waals surface area contributed by atoms with Gasteiger partial charge in [0.2, 0.25) is 11.8 Å². The zero-order chi connectivity index (χ0) is 14.0. The molecule has 0 amide bonds. The number of benzene rings is 1. The standard InChI is InChI=1S/C15H21N3O/c1-5-12(16)14-18-17-13(19-14)10-8-6-7-9-11(10)15(2,3)4/h6-9,12H,5,16H2,1-4H3. The number of aromatic nitrogens is 2. The second kappa shape index (κ2) is 5.13. The van der Waals surface area contributed by atoms with Gasteiger partial charge in [-0.05, 0) is 23.5 Å². The second-order valence-electron chi connectivity index (χ2n) is 5.76. The van der Waals surface area contributed by atoms with E-state index in [0.717, 1.165) is 12.0 Å². The zero-order valence-corrected chi connectivity index (χ0v) is 12.0. The molecule has 0 bridgehead atoms. The minimum Gasteiger partial charge on any atom is -0.419 e. The lowest BCUT2D eigenvalue weighted by Crippen LogP contribution is -2.12. The number of hydrogen-bond donors (Lipinski definition) is 1. The van der Waals surface area contributed by atoms with Gasteiger partial charge in [0, 0.05) is 5.56 Å². The molecule has 0 spiro atoms. The van der Waals surface area contributed by atoms with E-state index in [1.54, 1.807) is 0 Å². The largest absolute Gasteiger partial charge is 0.419 e. The van der Waals surface area contributed by atoms with E-state index in [0.29, 0.717) is 11.8 Å². The summed E-state index contributed by atoms with van der Waals surface area (Å²) in [6.07, 6.45) is 0.780. The highest BCUT2D eigenvalue weighted by Gasteiger charge is 2.22. The van der Waals surface area contributed by atoms with E-state index < -0.39 is 0 Å². The van der Waals surface area contributed by atoms with Crippen LogP contribution in [0.3, 0.4) is 0 Å². The highest BCUT2D eigenvalue weighted by molar-refractivity contribution is 5.60. The van der Waals surface area contributed by atoms with Crippen LogP contribution in [0, 0.1) is 0 Å². The van der Waals surface area contributed by atoms with Crippen LogP contribution in [0.15, 0.2) is 28.7 Å². The van der Waals surface area contributed by atoms with Crippen molar-refractivity contribution in [3.63, 3.8) is 0 Å². The molecule has 102 valence electrons. The van der Waals surface area contributed by atoms with Crippen LogP contribution in [0.4, 0.5) is 0 Å². The quantitative estimate of drug-likeness (QED) is 0.917. The van der Waals surface area contributed by atoms with Crippen LogP contribution in [0.25, 0.3) is 11.5 Å². The molecule has 0 saturated carbocycles. The Morgan fingerprint density at radius 1 is 1.21 bits per heavy atom. The average molecular weight is 259 g/mol. The van der Waals surface area contributed by atoms with Crippen LogP contribution in [-0.4, -0.2) is 10.2 Å². The first-order chi connectivity index (χ1) is 8.93. The summed E-state index contributed by atoms with van der Waals surface area (Å²) in [5.41, 5.74) is 8.11. The summed E-state index contributed by atoms with van der Waals surface area (Å²) in [5.74, 6) is 1.05. The minimum atomic E-state index is -0.192. The van der Waals surface area contributed by atoms with Gasteiger partial charge in [-0.25, -0.2) is 0 Å². The molecule has 2 aromatic rings. The molecule has 1 aromatic carbocycles. The summed E-state index contributed by atoms with van der Waals surface area (Å²) in [6.45, 7) is 8.50. The second-order valence-corrected chi connectivity index (χ2v) is 5.76. The molecule has 1 unspecified atom stereocenters. The van der Waals surface area contributed by atoms with Crippen LogP contribution in [-0.2, 0) is 5.41 Å². The molecular formula is C15H21N3O. The predicted octanol–water partition coefficient (Wildman–Crippen LogP) is 3.44. The Labute approximate surface area is 114 Å². The van der Waals surface area contributed by atoms with Crippen LogP contribution in [0.5, 0.6) is 0 Å². The van der Waals surface area contributed by atoms with E-state index >= 15 is 0 Å². The van der Waals surface area contributed by atoms with Crippen molar-refractivity contribution in [2.24, 2.45) is 5.73 Å². The van der Waals surface area contributed by atoms with E-state index in [9.17, 15) is 0 Å². The fourth-order valence-corrected chi connectivity index (χ4v) is 1.99. The molecule has 4 heteroatoms. The highest BCUT2D eigenvalue weighted by atomic mass is 16.4. The molecule has 0 fully saturated rings. The van der Waals surface area contributed by atoms with E-state index in [2.05, 4.69) is 37.0 Å².